The average molecular weight is 480 g/mol. The predicted molar refractivity (Wildman–Crippen MR) is 143 cm³/mol. The van der Waals surface area contributed by atoms with Crippen LogP contribution in [-0.4, -0.2) is 36.8 Å². The minimum atomic E-state index is -0.636. The van der Waals surface area contributed by atoms with E-state index >= 15 is 0 Å². The summed E-state index contributed by atoms with van der Waals surface area (Å²) in [5.74, 6) is 1.61. The zero-order valence-corrected chi connectivity index (χ0v) is 20.9. The first kappa shape index (κ1) is 24.1. The topological polar surface area (TPSA) is 41.9 Å². The fourth-order valence-corrected chi connectivity index (χ4v) is 5.75. The van der Waals surface area contributed by atoms with Crippen LogP contribution in [-0.2, 0) is 5.54 Å². The molecule has 0 aromatic heterocycles. The molecule has 4 nitrogen and oxygen atoms in total. The first-order valence-corrected chi connectivity index (χ1v) is 12.5. The number of benzene rings is 4. The summed E-state index contributed by atoms with van der Waals surface area (Å²) in [5, 5.41) is 11.7. The van der Waals surface area contributed by atoms with E-state index in [4.69, 9.17) is 9.47 Å². The molecular formula is C32H33NO3. The third-order valence-electron chi connectivity index (χ3n) is 7.44. The highest BCUT2D eigenvalue weighted by Crippen LogP contribution is 2.48. The van der Waals surface area contributed by atoms with Gasteiger partial charge in [-0.3, -0.25) is 4.90 Å². The molecule has 2 atom stereocenters. The molecule has 1 aliphatic rings. The van der Waals surface area contributed by atoms with E-state index in [-0.39, 0.29) is 6.04 Å². The van der Waals surface area contributed by atoms with Crippen molar-refractivity contribution in [2.24, 2.45) is 0 Å². The number of rotatable bonds is 8. The van der Waals surface area contributed by atoms with Gasteiger partial charge in [0.15, 0.2) is 0 Å². The van der Waals surface area contributed by atoms with Crippen molar-refractivity contribution >= 4 is 0 Å². The molecule has 36 heavy (non-hydrogen) atoms. The maximum absolute atomic E-state index is 11.7. The molecule has 0 unspecified atom stereocenters. The fourth-order valence-electron chi connectivity index (χ4n) is 5.75. The molecular weight excluding hydrogens is 446 g/mol. The largest absolute Gasteiger partial charge is 0.497 e. The standard InChI is InChI=1S/C32H33NO3/c1-35-28-19-15-24(16-20-28)31(34)30-14-9-23-33(30)32(25-10-5-3-6-11-25,26-12-7-4-8-13-26)27-17-21-29(36-2)22-18-27/h3-8,10-13,15-22,30-31,34H,9,14,23H2,1-2H3/t30-,31+/m0/s1. The van der Waals surface area contributed by atoms with Crippen LogP contribution in [0.3, 0.4) is 0 Å². The second-order valence-electron chi connectivity index (χ2n) is 9.29. The molecule has 0 bridgehead atoms. The molecule has 0 spiro atoms. The summed E-state index contributed by atoms with van der Waals surface area (Å²) in [6, 6.07) is 37.4. The maximum Gasteiger partial charge on any atom is 0.118 e. The maximum atomic E-state index is 11.7. The quantitative estimate of drug-likeness (QED) is 0.306. The van der Waals surface area contributed by atoms with E-state index in [1.807, 2.05) is 36.4 Å². The summed E-state index contributed by atoms with van der Waals surface area (Å²) in [7, 11) is 3.35. The highest BCUT2D eigenvalue weighted by atomic mass is 16.5. The molecule has 4 aromatic rings. The van der Waals surface area contributed by atoms with Gasteiger partial charge < -0.3 is 14.6 Å². The van der Waals surface area contributed by atoms with Crippen LogP contribution in [0.2, 0.25) is 0 Å². The second kappa shape index (κ2) is 10.6. The number of ether oxygens (including phenoxy) is 2. The van der Waals surface area contributed by atoms with E-state index in [1.54, 1.807) is 14.2 Å². The summed E-state index contributed by atoms with van der Waals surface area (Å²) >= 11 is 0. The normalized spacial score (nSPS) is 17.0. The number of aliphatic hydroxyl groups excluding tert-OH is 1. The number of hydrogen-bond acceptors (Lipinski definition) is 4. The van der Waals surface area contributed by atoms with Crippen molar-refractivity contribution in [2.75, 3.05) is 20.8 Å². The molecule has 4 aromatic carbocycles. The number of aliphatic hydroxyl groups is 1. The minimum absolute atomic E-state index is 0.0686. The number of nitrogens with zero attached hydrogens (tertiary/aromatic N) is 1. The number of methoxy groups -OCH3 is 2. The van der Waals surface area contributed by atoms with Crippen molar-refractivity contribution in [2.45, 2.75) is 30.5 Å². The third-order valence-corrected chi connectivity index (χ3v) is 7.44. The molecule has 0 radical (unpaired) electrons. The molecule has 0 aliphatic carbocycles. The molecule has 1 fully saturated rings. The lowest BCUT2D eigenvalue weighted by Gasteiger charge is -2.47. The van der Waals surface area contributed by atoms with Crippen molar-refractivity contribution in [1.82, 2.24) is 4.90 Å². The Morgan fingerprint density at radius 1 is 0.694 bits per heavy atom. The van der Waals surface area contributed by atoms with Crippen LogP contribution in [0.25, 0.3) is 0 Å². The van der Waals surface area contributed by atoms with E-state index in [9.17, 15) is 5.11 Å². The highest BCUT2D eigenvalue weighted by Gasteiger charge is 2.48. The lowest BCUT2D eigenvalue weighted by Crippen LogP contribution is -2.52. The second-order valence-corrected chi connectivity index (χ2v) is 9.29. The Bertz CT molecular complexity index is 1200. The zero-order chi connectivity index (χ0) is 25.0. The monoisotopic (exact) mass is 479 g/mol. The van der Waals surface area contributed by atoms with Crippen LogP contribution in [0.5, 0.6) is 11.5 Å². The van der Waals surface area contributed by atoms with Crippen LogP contribution in [0.15, 0.2) is 109 Å². The molecule has 0 amide bonds. The number of likely N-dealkylation sites (tertiary alicyclic amines) is 1. The summed E-state index contributed by atoms with van der Waals surface area (Å²) in [6.07, 6.45) is 1.28. The van der Waals surface area contributed by atoms with E-state index in [1.165, 1.54) is 11.1 Å². The van der Waals surface area contributed by atoms with Crippen LogP contribution in [0.1, 0.15) is 41.2 Å². The average Bonchev–Trinajstić information content (AvgIpc) is 3.45. The number of hydrogen-bond donors (Lipinski definition) is 1. The first-order chi connectivity index (χ1) is 17.7. The van der Waals surface area contributed by atoms with Crippen molar-refractivity contribution in [3.05, 3.63) is 131 Å². The molecule has 5 rings (SSSR count). The molecule has 1 saturated heterocycles. The van der Waals surface area contributed by atoms with Crippen LogP contribution in [0.4, 0.5) is 0 Å². The van der Waals surface area contributed by atoms with E-state index in [0.29, 0.717) is 0 Å². The Morgan fingerprint density at radius 2 is 1.17 bits per heavy atom. The minimum Gasteiger partial charge on any atom is -0.497 e. The summed E-state index contributed by atoms with van der Waals surface area (Å²) in [6.45, 7) is 0.869. The summed E-state index contributed by atoms with van der Waals surface area (Å²) < 4.78 is 10.8. The summed E-state index contributed by atoms with van der Waals surface area (Å²) in [4.78, 5) is 2.51. The Morgan fingerprint density at radius 3 is 1.67 bits per heavy atom. The van der Waals surface area contributed by atoms with Crippen LogP contribution < -0.4 is 9.47 Å². The zero-order valence-electron chi connectivity index (χ0n) is 20.9. The Kier molecular flexibility index (Phi) is 7.08. The van der Waals surface area contributed by atoms with Gasteiger partial charge >= 0.3 is 0 Å². The lowest BCUT2D eigenvalue weighted by molar-refractivity contribution is 0.0325. The smallest absolute Gasteiger partial charge is 0.118 e. The van der Waals surface area contributed by atoms with Crippen molar-refractivity contribution < 1.29 is 14.6 Å². The van der Waals surface area contributed by atoms with Gasteiger partial charge in [0.05, 0.1) is 25.9 Å². The van der Waals surface area contributed by atoms with Gasteiger partial charge in [0.2, 0.25) is 0 Å². The Labute approximate surface area is 213 Å². The van der Waals surface area contributed by atoms with Gasteiger partial charge in [0.25, 0.3) is 0 Å². The SMILES string of the molecule is COc1ccc([C@@H](O)[C@@H]2CCCN2C(c2ccccc2)(c2ccccc2)c2ccc(OC)cc2)cc1. The molecule has 1 aliphatic heterocycles. The van der Waals surface area contributed by atoms with Crippen molar-refractivity contribution in [3.8, 4) is 11.5 Å². The van der Waals surface area contributed by atoms with Gasteiger partial charge in [-0.05, 0) is 59.4 Å². The molecule has 1 N–H and O–H groups in total. The lowest BCUT2D eigenvalue weighted by atomic mass is 9.74. The third kappa shape index (κ3) is 4.27. The molecule has 0 saturated carbocycles. The van der Waals surface area contributed by atoms with Gasteiger partial charge in [0, 0.05) is 12.6 Å². The van der Waals surface area contributed by atoms with Crippen LogP contribution >= 0.6 is 0 Å². The van der Waals surface area contributed by atoms with E-state index in [0.717, 1.165) is 42.0 Å². The van der Waals surface area contributed by atoms with Gasteiger partial charge in [-0.15, -0.1) is 0 Å². The van der Waals surface area contributed by atoms with Gasteiger partial charge in [-0.25, -0.2) is 0 Å². The van der Waals surface area contributed by atoms with Gasteiger partial charge in [-0.2, -0.15) is 0 Å². The first-order valence-electron chi connectivity index (χ1n) is 12.5. The molecule has 1 heterocycles. The highest BCUT2D eigenvalue weighted by molar-refractivity contribution is 5.51. The van der Waals surface area contributed by atoms with Crippen molar-refractivity contribution in [3.63, 3.8) is 0 Å². The van der Waals surface area contributed by atoms with Gasteiger partial charge in [-0.1, -0.05) is 84.9 Å². The predicted octanol–water partition coefficient (Wildman–Crippen LogP) is 6.19. The summed E-state index contributed by atoms with van der Waals surface area (Å²) in [5.41, 5.74) is 3.82. The van der Waals surface area contributed by atoms with E-state index < -0.39 is 11.6 Å². The molecule has 4 heteroatoms. The van der Waals surface area contributed by atoms with E-state index in [2.05, 4.69) is 77.7 Å². The Hall–Kier alpha value is -3.60. The Balaban J connectivity index is 1.70. The fraction of sp³-hybridized carbons (Fsp3) is 0.250. The van der Waals surface area contributed by atoms with Crippen molar-refractivity contribution in [1.29, 1.82) is 0 Å². The van der Waals surface area contributed by atoms with Crippen LogP contribution in [0, 0.1) is 0 Å². The van der Waals surface area contributed by atoms with Gasteiger partial charge in [0.1, 0.15) is 11.5 Å². The molecule has 184 valence electrons.